The Morgan fingerprint density at radius 1 is 0.724 bits per heavy atom. The minimum Gasteiger partial charge on any atom is -0.336 e. The highest BCUT2D eigenvalue weighted by Gasteiger charge is 2.28. The number of piperazine rings is 1. The van der Waals surface area contributed by atoms with Crippen molar-refractivity contribution >= 4 is 5.91 Å². The predicted octanol–water partition coefficient (Wildman–Crippen LogP) is 4.85. The quantitative estimate of drug-likeness (QED) is 0.642. The Kier molecular flexibility index (Phi) is 5.77. The molecule has 3 heteroatoms. The van der Waals surface area contributed by atoms with E-state index in [1.165, 1.54) is 16.7 Å². The highest BCUT2D eigenvalue weighted by atomic mass is 16.2. The van der Waals surface area contributed by atoms with Crippen LogP contribution in [0.2, 0.25) is 0 Å². The molecule has 1 saturated heterocycles. The molecule has 0 N–H and O–H groups in total. The molecule has 0 unspecified atom stereocenters. The van der Waals surface area contributed by atoms with Crippen LogP contribution in [0.15, 0.2) is 78.9 Å². The largest absolute Gasteiger partial charge is 0.336 e. The summed E-state index contributed by atoms with van der Waals surface area (Å²) >= 11 is 0. The number of carbonyl (C=O) groups excluding carboxylic acids is 1. The van der Waals surface area contributed by atoms with Crippen molar-refractivity contribution in [3.8, 4) is 0 Å². The molecule has 1 amide bonds. The number of benzene rings is 3. The second kappa shape index (κ2) is 8.62. The van der Waals surface area contributed by atoms with Crippen LogP contribution < -0.4 is 0 Å². The molecule has 1 fully saturated rings. The minimum absolute atomic E-state index is 0.148. The van der Waals surface area contributed by atoms with Crippen LogP contribution in [0.25, 0.3) is 0 Å². The van der Waals surface area contributed by atoms with Crippen molar-refractivity contribution in [2.45, 2.75) is 19.9 Å². The molecule has 3 aromatic carbocycles. The molecule has 0 saturated carbocycles. The third-order valence-corrected chi connectivity index (χ3v) is 5.85. The predicted molar refractivity (Wildman–Crippen MR) is 118 cm³/mol. The third kappa shape index (κ3) is 4.25. The van der Waals surface area contributed by atoms with E-state index in [2.05, 4.69) is 66.4 Å². The fourth-order valence-corrected chi connectivity index (χ4v) is 4.16. The zero-order chi connectivity index (χ0) is 20.2. The van der Waals surface area contributed by atoms with Gasteiger partial charge in [-0.15, -0.1) is 0 Å². The number of amides is 1. The van der Waals surface area contributed by atoms with Crippen molar-refractivity contribution in [3.63, 3.8) is 0 Å². The van der Waals surface area contributed by atoms with Crippen LogP contribution in [-0.2, 0) is 0 Å². The smallest absolute Gasteiger partial charge is 0.254 e. The number of rotatable bonds is 4. The Morgan fingerprint density at radius 3 is 1.97 bits per heavy atom. The summed E-state index contributed by atoms with van der Waals surface area (Å²) in [7, 11) is 0. The normalized spacial score (nSPS) is 15.9. The van der Waals surface area contributed by atoms with E-state index in [4.69, 9.17) is 0 Å². The van der Waals surface area contributed by atoms with Gasteiger partial charge < -0.3 is 4.90 Å². The molecule has 148 valence electrons. The highest BCUT2D eigenvalue weighted by Crippen LogP contribution is 2.30. The summed E-state index contributed by atoms with van der Waals surface area (Å²) < 4.78 is 0. The van der Waals surface area contributed by atoms with Gasteiger partial charge in [-0.05, 0) is 36.6 Å². The van der Waals surface area contributed by atoms with Gasteiger partial charge in [0.2, 0.25) is 0 Å². The van der Waals surface area contributed by atoms with Crippen LogP contribution in [0.3, 0.4) is 0 Å². The SMILES string of the molecule is Cc1ccc([C@H](c2ccccc2)N2CCN(C(=O)c3ccccc3C)CC2)cc1. The van der Waals surface area contributed by atoms with Gasteiger partial charge in [0.25, 0.3) is 5.91 Å². The summed E-state index contributed by atoms with van der Waals surface area (Å²) in [5, 5.41) is 0. The molecule has 29 heavy (non-hydrogen) atoms. The molecule has 0 radical (unpaired) electrons. The average molecular weight is 385 g/mol. The lowest BCUT2D eigenvalue weighted by Gasteiger charge is -2.40. The van der Waals surface area contributed by atoms with Crippen LogP contribution in [0.1, 0.15) is 38.7 Å². The number of hydrogen-bond donors (Lipinski definition) is 0. The Bertz CT molecular complexity index is 958. The van der Waals surface area contributed by atoms with Crippen molar-refractivity contribution in [3.05, 3.63) is 107 Å². The van der Waals surface area contributed by atoms with Gasteiger partial charge in [0.05, 0.1) is 6.04 Å². The summed E-state index contributed by atoms with van der Waals surface area (Å²) in [6, 6.07) is 27.6. The van der Waals surface area contributed by atoms with Crippen LogP contribution in [-0.4, -0.2) is 41.9 Å². The molecule has 1 aliphatic heterocycles. The van der Waals surface area contributed by atoms with Crippen LogP contribution in [0.4, 0.5) is 0 Å². The van der Waals surface area contributed by atoms with Crippen molar-refractivity contribution < 1.29 is 4.79 Å². The van der Waals surface area contributed by atoms with E-state index in [1.54, 1.807) is 0 Å². The fourth-order valence-electron chi connectivity index (χ4n) is 4.16. The Balaban J connectivity index is 1.53. The molecule has 0 spiro atoms. The minimum atomic E-state index is 0.148. The van der Waals surface area contributed by atoms with Gasteiger partial charge in [-0.2, -0.15) is 0 Å². The number of hydrogen-bond acceptors (Lipinski definition) is 2. The van der Waals surface area contributed by atoms with E-state index < -0.39 is 0 Å². The van der Waals surface area contributed by atoms with Gasteiger partial charge >= 0.3 is 0 Å². The highest BCUT2D eigenvalue weighted by molar-refractivity contribution is 5.95. The topological polar surface area (TPSA) is 23.6 Å². The first-order valence-corrected chi connectivity index (χ1v) is 10.3. The van der Waals surface area contributed by atoms with E-state index in [0.29, 0.717) is 0 Å². The maximum Gasteiger partial charge on any atom is 0.254 e. The van der Waals surface area contributed by atoms with Crippen LogP contribution >= 0.6 is 0 Å². The first kappa shape index (κ1) is 19.4. The second-order valence-corrected chi connectivity index (χ2v) is 7.87. The number of aryl methyl sites for hydroxylation is 2. The average Bonchev–Trinajstić information content (AvgIpc) is 2.76. The molecular weight excluding hydrogens is 356 g/mol. The first-order valence-electron chi connectivity index (χ1n) is 10.3. The van der Waals surface area contributed by atoms with E-state index in [9.17, 15) is 4.79 Å². The molecule has 4 rings (SSSR count). The molecule has 0 bridgehead atoms. The lowest BCUT2D eigenvalue weighted by atomic mass is 9.95. The molecule has 1 aliphatic rings. The summed E-state index contributed by atoms with van der Waals surface area (Å²) in [4.78, 5) is 17.5. The van der Waals surface area contributed by atoms with Crippen LogP contribution in [0.5, 0.6) is 0 Å². The van der Waals surface area contributed by atoms with E-state index in [1.807, 2.05) is 36.1 Å². The third-order valence-electron chi connectivity index (χ3n) is 5.85. The molecule has 0 aliphatic carbocycles. The zero-order valence-corrected chi connectivity index (χ0v) is 17.2. The van der Waals surface area contributed by atoms with Crippen molar-refractivity contribution in [2.75, 3.05) is 26.2 Å². The molecule has 1 atom stereocenters. The van der Waals surface area contributed by atoms with Crippen molar-refractivity contribution in [2.24, 2.45) is 0 Å². The molecule has 1 heterocycles. The Morgan fingerprint density at radius 2 is 1.31 bits per heavy atom. The number of nitrogens with zero attached hydrogens (tertiary/aromatic N) is 2. The maximum atomic E-state index is 13.0. The van der Waals surface area contributed by atoms with Gasteiger partial charge in [0, 0.05) is 31.7 Å². The maximum absolute atomic E-state index is 13.0. The first-order chi connectivity index (χ1) is 14.1. The van der Waals surface area contributed by atoms with E-state index >= 15 is 0 Å². The van der Waals surface area contributed by atoms with E-state index in [-0.39, 0.29) is 11.9 Å². The molecular formula is C26H28N2O. The van der Waals surface area contributed by atoms with Gasteiger partial charge in [-0.25, -0.2) is 0 Å². The monoisotopic (exact) mass is 384 g/mol. The van der Waals surface area contributed by atoms with Gasteiger partial charge in [-0.1, -0.05) is 78.4 Å². The van der Waals surface area contributed by atoms with Crippen LogP contribution in [0, 0.1) is 13.8 Å². The fraction of sp³-hybridized carbons (Fsp3) is 0.269. The molecule has 3 aromatic rings. The summed E-state index contributed by atoms with van der Waals surface area (Å²) in [6.45, 7) is 7.37. The zero-order valence-electron chi connectivity index (χ0n) is 17.2. The molecule has 3 nitrogen and oxygen atoms in total. The number of carbonyl (C=O) groups is 1. The van der Waals surface area contributed by atoms with Gasteiger partial charge in [0.1, 0.15) is 0 Å². The standard InChI is InChI=1S/C26H28N2O/c1-20-12-14-23(15-13-20)25(22-9-4-3-5-10-22)27-16-18-28(19-17-27)26(29)24-11-7-6-8-21(24)2/h3-15,25H,16-19H2,1-2H3/t25-/m0/s1. The summed E-state index contributed by atoms with van der Waals surface area (Å²) in [6.07, 6.45) is 0. The molecule has 0 aromatic heterocycles. The summed E-state index contributed by atoms with van der Waals surface area (Å²) in [5.41, 5.74) is 5.74. The Hall–Kier alpha value is -2.91. The Labute approximate surface area is 173 Å². The van der Waals surface area contributed by atoms with Crippen molar-refractivity contribution in [1.82, 2.24) is 9.80 Å². The van der Waals surface area contributed by atoms with E-state index in [0.717, 1.165) is 37.3 Å². The second-order valence-electron chi connectivity index (χ2n) is 7.87. The van der Waals surface area contributed by atoms with Gasteiger partial charge in [-0.3, -0.25) is 9.69 Å². The van der Waals surface area contributed by atoms with Gasteiger partial charge in [0.15, 0.2) is 0 Å². The lowest BCUT2D eigenvalue weighted by molar-refractivity contribution is 0.0596. The summed E-state index contributed by atoms with van der Waals surface area (Å²) in [5.74, 6) is 0.148. The van der Waals surface area contributed by atoms with Crippen molar-refractivity contribution in [1.29, 1.82) is 0 Å². The lowest BCUT2D eigenvalue weighted by Crippen LogP contribution is -2.50.